The molecular formula is C47H48BrCl2N3O6S. The number of ether oxygens (including phenoxy) is 2. The van der Waals surface area contributed by atoms with E-state index in [9.17, 15) is 24.4 Å². The maximum absolute atomic E-state index is 12.8. The summed E-state index contributed by atoms with van der Waals surface area (Å²) in [6.07, 6.45) is 1.42. The van der Waals surface area contributed by atoms with Crippen molar-refractivity contribution < 1.29 is 28.7 Å². The molecule has 2 unspecified atom stereocenters. The molecule has 314 valence electrons. The third-order valence-corrected chi connectivity index (χ3v) is 11.0. The molecule has 0 radical (unpaired) electrons. The van der Waals surface area contributed by atoms with Crippen LogP contribution in [0.2, 0.25) is 10.0 Å². The molecule has 0 saturated heterocycles. The minimum Gasteiger partial charge on any atom is -0.489 e. The Labute approximate surface area is 374 Å². The van der Waals surface area contributed by atoms with Gasteiger partial charge in [0, 0.05) is 34.0 Å². The van der Waals surface area contributed by atoms with Gasteiger partial charge in [-0.05, 0) is 117 Å². The minimum atomic E-state index is -0.658. The van der Waals surface area contributed by atoms with Crippen molar-refractivity contribution in [2.45, 2.75) is 91.5 Å². The highest BCUT2D eigenvalue weighted by Gasteiger charge is 2.23. The SMILES string of the molecule is CCC(=O)C(Cc1ccc(-c2ccsc2C#N)cc1)NC(=O)c1ccc(OC(C)C)c(Cl)c1.CCC(=O)C(Cc1ccc(Br)cc1)NC(=O)c1ccc(OC(C)C)c(Cl)c1. The molecular weight excluding hydrogens is 885 g/mol. The number of hydrogen-bond donors (Lipinski definition) is 2. The normalized spacial score (nSPS) is 11.8. The second-order valence-corrected chi connectivity index (χ2v) is 17.0. The molecule has 60 heavy (non-hydrogen) atoms. The molecule has 1 heterocycles. The largest absolute Gasteiger partial charge is 0.489 e. The number of nitrogens with zero attached hydrogens (tertiary/aromatic N) is 1. The number of carbonyl (C=O) groups is 4. The number of rotatable bonds is 17. The predicted molar refractivity (Wildman–Crippen MR) is 244 cm³/mol. The number of nitriles is 1. The molecule has 0 fully saturated rings. The van der Waals surface area contributed by atoms with Crippen LogP contribution in [0.1, 0.15) is 91.1 Å². The van der Waals surface area contributed by atoms with Crippen molar-refractivity contribution in [1.82, 2.24) is 10.6 Å². The average Bonchev–Trinajstić information content (AvgIpc) is 3.71. The zero-order valence-corrected chi connectivity index (χ0v) is 38.2. The summed E-state index contributed by atoms with van der Waals surface area (Å²) in [5.74, 6) is 0.263. The second kappa shape index (κ2) is 23.1. The van der Waals surface area contributed by atoms with E-state index in [1.807, 2.05) is 87.7 Å². The fourth-order valence-corrected chi connectivity index (χ4v) is 7.41. The van der Waals surface area contributed by atoms with Crippen molar-refractivity contribution >= 4 is 73.8 Å². The first kappa shape index (κ1) is 47.7. The lowest BCUT2D eigenvalue weighted by molar-refractivity contribution is -0.121. The topological polar surface area (TPSA) is 135 Å². The molecule has 2 N–H and O–H groups in total. The quantitative estimate of drug-likeness (QED) is 0.0948. The van der Waals surface area contributed by atoms with Gasteiger partial charge in [0.2, 0.25) is 0 Å². The molecule has 2 atom stereocenters. The van der Waals surface area contributed by atoms with Gasteiger partial charge < -0.3 is 20.1 Å². The smallest absolute Gasteiger partial charge is 0.251 e. The van der Waals surface area contributed by atoms with Crippen LogP contribution in [0.15, 0.2) is 101 Å². The molecule has 5 rings (SSSR count). The van der Waals surface area contributed by atoms with Crippen LogP contribution in [0, 0.1) is 11.3 Å². The number of benzene rings is 4. The number of amides is 2. The van der Waals surface area contributed by atoms with Crippen molar-refractivity contribution in [3.05, 3.63) is 138 Å². The van der Waals surface area contributed by atoms with Crippen LogP contribution in [0.5, 0.6) is 11.5 Å². The highest BCUT2D eigenvalue weighted by Crippen LogP contribution is 2.29. The minimum absolute atomic E-state index is 0.0142. The molecule has 5 aromatic rings. The van der Waals surface area contributed by atoms with Gasteiger partial charge in [-0.2, -0.15) is 5.26 Å². The maximum atomic E-state index is 12.8. The van der Waals surface area contributed by atoms with Crippen LogP contribution >= 0.6 is 50.5 Å². The molecule has 2 amide bonds. The lowest BCUT2D eigenvalue weighted by atomic mass is 9.98. The van der Waals surface area contributed by atoms with Crippen LogP contribution in [0.4, 0.5) is 0 Å². The summed E-state index contributed by atoms with van der Waals surface area (Å²) in [4.78, 5) is 51.0. The summed E-state index contributed by atoms with van der Waals surface area (Å²) in [5, 5.41) is 17.5. The monoisotopic (exact) mass is 931 g/mol. The van der Waals surface area contributed by atoms with E-state index in [2.05, 4.69) is 32.6 Å². The Balaban J connectivity index is 0.000000270. The van der Waals surface area contributed by atoms with Crippen molar-refractivity contribution in [1.29, 1.82) is 5.26 Å². The second-order valence-electron chi connectivity index (χ2n) is 14.3. The summed E-state index contributed by atoms with van der Waals surface area (Å²) in [6.45, 7) is 11.2. The predicted octanol–water partition coefficient (Wildman–Crippen LogP) is 11.3. The van der Waals surface area contributed by atoms with E-state index in [0.717, 1.165) is 26.7 Å². The molecule has 13 heteroatoms. The van der Waals surface area contributed by atoms with Gasteiger partial charge in [0.05, 0.1) is 34.3 Å². The third-order valence-electron chi connectivity index (χ3n) is 9.02. The van der Waals surface area contributed by atoms with Gasteiger partial charge in [-0.3, -0.25) is 19.2 Å². The Kier molecular flexibility index (Phi) is 18.4. The van der Waals surface area contributed by atoms with Gasteiger partial charge in [-0.25, -0.2) is 0 Å². The standard InChI is InChI=1S/C26H25ClN2O3S.C21H23BrClNO3/c1-4-23(30)22(29-26(31)19-9-10-24(21(27)14-19)32-16(2)3)13-17-5-7-18(8-6-17)20-11-12-33-25(20)15-28;1-4-19(25)18(11-14-5-8-16(22)9-6-14)24-21(26)15-7-10-20(17(23)12-15)27-13(2)3/h5-12,14,16,22H,4,13H2,1-3H3,(H,29,31);5-10,12-13,18H,4,11H2,1-3H3,(H,24,26). The van der Waals surface area contributed by atoms with Crippen molar-refractivity contribution in [2.75, 3.05) is 0 Å². The highest BCUT2D eigenvalue weighted by atomic mass is 79.9. The Hall–Kier alpha value is -4.99. The molecule has 1 aromatic heterocycles. The lowest BCUT2D eigenvalue weighted by Gasteiger charge is -2.18. The first-order valence-electron chi connectivity index (χ1n) is 19.5. The van der Waals surface area contributed by atoms with Crippen LogP contribution in [0.3, 0.4) is 0 Å². The van der Waals surface area contributed by atoms with Crippen LogP contribution in [0.25, 0.3) is 11.1 Å². The summed E-state index contributed by atoms with van der Waals surface area (Å²) in [6, 6.07) is 28.0. The Morgan fingerprint density at radius 3 is 1.50 bits per heavy atom. The van der Waals surface area contributed by atoms with Crippen LogP contribution in [-0.2, 0) is 22.4 Å². The van der Waals surface area contributed by atoms with Gasteiger partial charge in [0.15, 0.2) is 11.6 Å². The Bertz CT molecular complexity index is 2310. The van der Waals surface area contributed by atoms with E-state index in [4.69, 9.17) is 32.7 Å². The summed E-state index contributed by atoms with van der Waals surface area (Å²) >= 11 is 17.3. The van der Waals surface area contributed by atoms with Crippen LogP contribution < -0.4 is 20.1 Å². The molecule has 4 aromatic carbocycles. The number of ketones is 2. The number of thiophene rings is 1. The van der Waals surface area contributed by atoms with E-state index < -0.39 is 12.1 Å². The zero-order chi connectivity index (χ0) is 43.9. The van der Waals surface area contributed by atoms with E-state index >= 15 is 0 Å². The summed E-state index contributed by atoms with van der Waals surface area (Å²) in [7, 11) is 0. The third kappa shape index (κ3) is 14.1. The van der Waals surface area contributed by atoms with E-state index in [0.29, 0.717) is 63.2 Å². The first-order chi connectivity index (χ1) is 28.6. The van der Waals surface area contributed by atoms with Gasteiger partial charge in [0.1, 0.15) is 22.4 Å². The van der Waals surface area contributed by atoms with Gasteiger partial charge in [-0.15, -0.1) is 11.3 Å². The Morgan fingerprint density at radius 2 is 1.12 bits per heavy atom. The molecule has 0 saturated carbocycles. The lowest BCUT2D eigenvalue weighted by Crippen LogP contribution is -2.42. The van der Waals surface area contributed by atoms with Crippen molar-refractivity contribution in [3.63, 3.8) is 0 Å². The average molecular weight is 934 g/mol. The molecule has 0 aliphatic rings. The molecule has 9 nitrogen and oxygen atoms in total. The molecule has 0 aliphatic heterocycles. The summed E-state index contributed by atoms with van der Waals surface area (Å²) in [5.41, 5.74) is 4.48. The molecule has 0 bridgehead atoms. The molecule has 0 spiro atoms. The fraction of sp³-hybridized carbons (Fsp3) is 0.298. The van der Waals surface area contributed by atoms with Gasteiger partial charge in [0.25, 0.3) is 11.8 Å². The molecule has 0 aliphatic carbocycles. The summed E-state index contributed by atoms with van der Waals surface area (Å²) < 4.78 is 12.2. The van der Waals surface area contributed by atoms with Crippen molar-refractivity contribution in [2.24, 2.45) is 0 Å². The van der Waals surface area contributed by atoms with E-state index in [1.54, 1.807) is 50.2 Å². The van der Waals surface area contributed by atoms with E-state index in [-0.39, 0.29) is 35.6 Å². The number of carbonyl (C=O) groups excluding carboxylic acids is 4. The van der Waals surface area contributed by atoms with Gasteiger partial charge in [-0.1, -0.05) is 89.4 Å². The number of Topliss-reactive ketones (excluding diaryl/α,β-unsaturated/α-hetero) is 2. The van der Waals surface area contributed by atoms with Crippen LogP contribution in [-0.4, -0.2) is 47.7 Å². The number of halogens is 3. The fourth-order valence-electron chi connectivity index (χ4n) is 5.99. The zero-order valence-electron chi connectivity index (χ0n) is 34.3. The van der Waals surface area contributed by atoms with E-state index in [1.165, 1.54) is 11.3 Å². The maximum Gasteiger partial charge on any atom is 0.251 e. The Morgan fingerprint density at radius 1 is 0.683 bits per heavy atom. The van der Waals surface area contributed by atoms with Crippen molar-refractivity contribution in [3.8, 4) is 28.7 Å². The first-order valence-corrected chi connectivity index (χ1v) is 22.0. The number of nitrogens with one attached hydrogen (secondary N) is 2. The highest BCUT2D eigenvalue weighted by molar-refractivity contribution is 9.10. The van der Waals surface area contributed by atoms with Gasteiger partial charge >= 0.3 is 0 Å². The number of hydrogen-bond acceptors (Lipinski definition) is 8.